The van der Waals surface area contributed by atoms with Crippen LogP contribution in [0.5, 0.6) is 11.5 Å². The highest BCUT2D eigenvalue weighted by molar-refractivity contribution is 6.01. The number of ether oxygens (including phenoxy) is 2. The second-order valence-corrected chi connectivity index (χ2v) is 7.57. The Balaban J connectivity index is 1.66. The standard InChI is InChI=1S/C23H29N3O4/c1-5-17-6-9-19(10-7-17)29-15-22(27)24-18-8-11-21-20(14-18)26(13-12-25(3)4)23(28)16(2)30-21/h6-11,14,16H,5,12-13,15H2,1-4H3,(H,24,27). The van der Waals surface area contributed by atoms with Crippen molar-refractivity contribution >= 4 is 23.2 Å². The maximum Gasteiger partial charge on any atom is 0.267 e. The molecule has 2 aromatic rings. The number of aryl methyl sites for hydroxylation is 1. The van der Waals surface area contributed by atoms with Crippen molar-refractivity contribution in [2.45, 2.75) is 26.4 Å². The number of anilines is 2. The molecule has 1 aliphatic rings. The van der Waals surface area contributed by atoms with Crippen molar-refractivity contribution in [2.24, 2.45) is 0 Å². The predicted molar refractivity (Wildman–Crippen MR) is 117 cm³/mol. The van der Waals surface area contributed by atoms with Gasteiger partial charge in [0.05, 0.1) is 5.69 Å². The number of carbonyl (C=O) groups excluding carboxylic acids is 2. The van der Waals surface area contributed by atoms with Crippen LogP contribution in [0, 0.1) is 0 Å². The molecule has 0 fully saturated rings. The molecule has 7 nitrogen and oxygen atoms in total. The lowest BCUT2D eigenvalue weighted by molar-refractivity contribution is -0.125. The summed E-state index contributed by atoms with van der Waals surface area (Å²) in [6.07, 6.45) is 0.419. The highest BCUT2D eigenvalue weighted by Gasteiger charge is 2.31. The van der Waals surface area contributed by atoms with Crippen LogP contribution in [0.25, 0.3) is 0 Å². The number of rotatable bonds is 8. The Labute approximate surface area is 177 Å². The molecule has 0 radical (unpaired) electrons. The van der Waals surface area contributed by atoms with E-state index in [1.54, 1.807) is 30.0 Å². The fraction of sp³-hybridized carbons (Fsp3) is 0.391. The van der Waals surface area contributed by atoms with E-state index >= 15 is 0 Å². The molecule has 0 bridgehead atoms. The Morgan fingerprint density at radius 3 is 2.60 bits per heavy atom. The van der Waals surface area contributed by atoms with Crippen molar-refractivity contribution in [3.05, 3.63) is 48.0 Å². The summed E-state index contributed by atoms with van der Waals surface area (Å²) in [6.45, 7) is 5.00. The first-order valence-electron chi connectivity index (χ1n) is 10.2. The van der Waals surface area contributed by atoms with Gasteiger partial charge in [0, 0.05) is 18.8 Å². The van der Waals surface area contributed by atoms with Crippen LogP contribution in [0.15, 0.2) is 42.5 Å². The minimum Gasteiger partial charge on any atom is -0.484 e. The number of hydrogen-bond donors (Lipinski definition) is 1. The second kappa shape index (κ2) is 9.63. The van der Waals surface area contributed by atoms with E-state index in [0.717, 1.165) is 13.0 Å². The molecule has 3 rings (SSSR count). The molecule has 2 aromatic carbocycles. The van der Waals surface area contributed by atoms with Gasteiger partial charge >= 0.3 is 0 Å². The van der Waals surface area contributed by atoms with Crippen LogP contribution in [-0.2, 0) is 16.0 Å². The second-order valence-electron chi connectivity index (χ2n) is 7.57. The normalized spacial score (nSPS) is 15.6. The summed E-state index contributed by atoms with van der Waals surface area (Å²) < 4.78 is 11.3. The maximum atomic E-state index is 12.6. The topological polar surface area (TPSA) is 71.1 Å². The van der Waals surface area contributed by atoms with E-state index in [0.29, 0.717) is 29.4 Å². The third-order valence-corrected chi connectivity index (χ3v) is 4.92. The van der Waals surface area contributed by atoms with Gasteiger partial charge in [-0.15, -0.1) is 0 Å². The van der Waals surface area contributed by atoms with Crippen LogP contribution >= 0.6 is 0 Å². The van der Waals surface area contributed by atoms with Gasteiger partial charge in [-0.05, 0) is 63.3 Å². The van der Waals surface area contributed by atoms with E-state index < -0.39 is 6.10 Å². The minimum atomic E-state index is -0.535. The molecule has 1 unspecified atom stereocenters. The predicted octanol–water partition coefficient (Wildman–Crippen LogP) is 2.94. The van der Waals surface area contributed by atoms with E-state index in [9.17, 15) is 9.59 Å². The zero-order chi connectivity index (χ0) is 21.7. The molecular formula is C23H29N3O4. The fourth-order valence-electron chi connectivity index (χ4n) is 3.18. The summed E-state index contributed by atoms with van der Waals surface area (Å²) in [5, 5.41) is 2.83. The van der Waals surface area contributed by atoms with Crippen LogP contribution in [0.3, 0.4) is 0 Å². The molecule has 30 heavy (non-hydrogen) atoms. The molecule has 0 aliphatic carbocycles. The first-order chi connectivity index (χ1) is 14.4. The van der Waals surface area contributed by atoms with E-state index in [-0.39, 0.29) is 18.4 Å². The first kappa shape index (κ1) is 21.6. The van der Waals surface area contributed by atoms with Crippen LogP contribution in [0.4, 0.5) is 11.4 Å². The van der Waals surface area contributed by atoms with Gasteiger partial charge in [0.25, 0.3) is 11.8 Å². The summed E-state index contributed by atoms with van der Waals surface area (Å²) in [6, 6.07) is 13.0. The maximum absolute atomic E-state index is 12.6. The number of fused-ring (bicyclic) bond motifs is 1. The number of likely N-dealkylation sites (N-methyl/N-ethyl adjacent to an activating group) is 1. The Morgan fingerprint density at radius 1 is 1.20 bits per heavy atom. The number of hydrogen-bond acceptors (Lipinski definition) is 5. The Kier molecular flexibility index (Phi) is 6.95. The molecule has 1 aliphatic heterocycles. The molecule has 0 aromatic heterocycles. The zero-order valence-electron chi connectivity index (χ0n) is 18.0. The molecule has 0 spiro atoms. The average Bonchev–Trinajstić information content (AvgIpc) is 2.73. The van der Waals surface area contributed by atoms with Crippen LogP contribution in [0.2, 0.25) is 0 Å². The highest BCUT2D eigenvalue weighted by atomic mass is 16.5. The number of benzene rings is 2. The lowest BCUT2D eigenvalue weighted by Gasteiger charge is -2.34. The average molecular weight is 412 g/mol. The fourth-order valence-corrected chi connectivity index (χ4v) is 3.18. The number of carbonyl (C=O) groups is 2. The number of nitrogens with zero attached hydrogens (tertiary/aromatic N) is 2. The van der Waals surface area contributed by atoms with Gasteiger partial charge in [0.1, 0.15) is 11.5 Å². The van der Waals surface area contributed by atoms with Gasteiger partial charge in [0.2, 0.25) is 0 Å². The first-order valence-corrected chi connectivity index (χ1v) is 10.2. The van der Waals surface area contributed by atoms with Gasteiger partial charge < -0.3 is 24.6 Å². The monoisotopic (exact) mass is 411 g/mol. The van der Waals surface area contributed by atoms with Crippen molar-refractivity contribution in [3.8, 4) is 11.5 Å². The van der Waals surface area contributed by atoms with Crippen LogP contribution in [0.1, 0.15) is 19.4 Å². The van der Waals surface area contributed by atoms with E-state index in [2.05, 4.69) is 12.2 Å². The zero-order valence-corrected chi connectivity index (χ0v) is 18.0. The third-order valence-electron chi connectivity index (χ3n) is 4.92. The van der Waals surface area contributed by atoms with Gasteiger partial charge in [-0.3, -0.25) is 9.59 Å². The Morgan fingerprint density at radius 2 is 1.93 bits per heavy atom. The van der Waals surface area contributed by atoms with Crippen molar-refractivity contribution in [2.75, 3.05) is 44.0 Å². The number of nitrogens with one attached hydrogen (secondary N) is 1. The summed E-state index contributed by atoms with van der Waals surface area (Å²) in [7, 11) is 3.92. The molecule has 0 saturated carbocycles. The largest absolute Gasteiger partial charge is 0.484 e. The molecular weight excluding hydrogens is 382 g/mol. The molecule has 7 heteroatoms. The Bertz CT molecular complexity index is 896. The third kappa shape index (κ3) is 5.30. The van der Waals surface area contributed by atoms with Gasteiger partial charge in [-0.2, -0.15) is 0 Å². The van der Waals surface area contributed by atoms with Crippen molar-refractivity contribution in [3.63, 3.8) is 0 Å². The molecule has 0 saturated heterocycles. The van der Waals surface area contributed by atoms with E-state index in [1.165, 1.54) is 5.56 Å². The highest BCUT2D eigenvalue weighted by Crippen LogP contribution is 2.36. The summed E-state index contributed by atoms with van der Waals surface area (Å²) >= 11 is 0. The van der Waals surface area contributed by atoms with Crippen LogP contribution < -0.4 is 19.7 Å². The summed E-state index contributed by atoms with van der Waals surface area (Å²) in [4.78, 5) is 28.7. The lowest BCUT2D eigenvalue weighted by Crippen LogP contribution is -2.46. The van der Waals surface area contributed by atoms with Crippen molar-refractivity contribution in [1.29, 1.82) is 0 Å². The molecule has 1 heterocycles. The molecule has 2 amide bonds. The molecule has 1 atom stereocenters. The van der Waals surface area contributed by atoms with Gasteiger partial charge in [-0.1, -0.05) is 19.1 Å². The van der Waals surface area contributed by atoms with Crippen LogP contribution in [-0.4, -0.2) is 56.6 Å². The van der Waals surface area contributed by atoms with Crippen molar-refractivity contribution in [1.82, 2.24) is 4.90 Å². The quantitative estimate of drug-likeness (QED) is 0.723. The summed E-state index contributed by atoms with van der Waals surface area (Å²) in [5.74, 6) is 0.916. The van der Waals surface area contributed by atoms with Crippen molar-refractivity contribution < 1.29 is 19.1 Å². The SMILES string of the molecule is CCc1ccc(OCC(=O)Nc2ccc3c(c2)N(CCN(C)C)C(=O)C(C)O3)cc1. The van der Waals surface area contributed by atoms with Gasteiger partial charge in [-0.25, -0.2) is 0 Å². The molecule has 1 N–H and O–H groups in total. The number of amides is 2. The molecule has 160 valence electrons. The van der Waals surface area contributed by atoms with Gasteiger partial charge in [0.15, 0.2) is 12.7 Å². The summed E-state index contributed by atoms with van der Waals surface area (Å²) in [5.41, 5.74) is 2.46. The van der Waals surface area contributed by atoms with E-state index in [4.69, 9.17) is 9.47 Å². The smallest absolute Gasteiger partial charge is 0.267 e. The lowest BCUT2D eigenvalue weighted by atomic mass is 10.1. The Hall–Kier alpha value is -3.06. The minimum absolute atomic E-state index is 0.0910. The van der Waals surface area contributed by atoms with E-state index in [1.807, 2.05) is 43.3 Å².